The van der Waals surface area contributed by atoms with Crippen molar-refractivity contribution in [3.8, 4) is 0 Å². The highest BCUT2D eigenvalue weighted by Crippen LogP contribution is 2.32. The van der Waals surface area contributed by atoms with Crippen LogP contribution in [0.1, 0.15) is 25.7 Å². The lowest BCUT2D eigenvalue weighted by molar-refractivity contribution is -0.140. The monoisotopic (exact) mass is 217 g/mol. The lowest BCUT2D eigenvalue weighted by atomic mass is 10.2. The predicted molar refractivity (Wildman–Crippen MR) is 59.8 cm³/mol. The van der Waals surface area contributed by atoms with Gasteiger partial charge >= 0.3 is 5.97 Å². The minimum Gasteiger partial charge on any atom is -0.480 e. The molecule has 0 radical (unpaired) electrons. The number of thioether (sulfide) groups is 1. The van der Waals surface area contributed by atoms with Crippen LogP contribution in [-0.2, 0) is 4.79 Å². The van der Waals surface area contributed by atoms with Gasteiger partial charge in [-0.15, -0.1) is 0 Å². The summed E-state index contributed by atoms with van der Waals surface area (Å²) in [4.78, 5) is 10.8. The van der Waals surface area contributed by atoms with Crippen LogP contribution in [0, 0.1) is 5.92 Å². The second-order valence-electron chi connectivity index (χ2n) is 3.81. The molecule has 1 aliphatic carbocycles. The van der Waals surface area contributed by atoms with E-state index in [9.17, 15) is 4.79 Å². The minimum absolute atomic E-state index is 0.288. The molecule has 1 saturated carbocycles. The number of hydrogen-bond acceptors (Lipinski definition) is 3. The Bertz CT molecular complexity index is 183. The van der Waals surface area contributed by atoms with Crippen LogP contribution in [0.15, 0.2) is 0 Å². The molecule has 82 valence electrons. The van der Waals surface area contributed by atoms with Crippen LogP contribution in [0.5, 0.6) is 0 Å². The van der Waals surface area contributed by atoms with Gasteiger partial charge in [0.25, 0.3) is 0 Å². The highest BCUT2D eigenvalue weighted by atomic mass is 32.2. The largest absolute Gasteiger partial charge is 0.480 e. The maximum absolute atomic E-state index is 10.8. The number of carboxylic acids is 1. The Balaban J connectivity index is 2.05. The van der Waals surface area contributed by atoms with Crippen molar-refractivity contribution in [2.45, 2.75) is 31.7 Å². The summed E-state index contributed by atoms with van der Waals surface area (Å²) < 4.78 is 0. The van der Waals surface area contributed by atoms with Gasteiger partial charge in [-0.1, -0.05) is 0 Å². The highest BCUT2D eigenvalue weighted by molar-refractivity contribution is 7.98. The van der Waals surface area contributed by atoms with Crippen molar-refractivity contribution < 1.29 is 9.90 Å². The van der Waals surface area contributed by atoms with Crippen LogP contribution in [-0.4, -0.2) is 35.7 Å². The van der Waals surface area contributed by atoms with Gasteiger partial charge in [0.15, 0.2) is 0 Å². The Morgan fingerprint density at radius 3 is 2.79 bits per heavy atom. The summed E-state index contributed by atoms with van der Waals surface area (Å²) in [6.45, 7) is 0.841. The summed E-state index contributed by atoms with van der Waals surface area (Å²) in [6.07, 6.45) is 6.50. The highest BCUT2D eigenvalue weighted by Gasteiger charge is 2.35. The molecule has 1 atom stereocenters. The van der Waals surface area contributed by atoms with Gasteiger partial charge in [-0.2, -0.15) is 11.8 Å². The Labute approximate surface area is 89.6 Å². The fraction of sp³-hybridized carbons (Fsp3) is 0.900. The molecule has 0 heterocycles. The van der Waals surface area contributed by atoms with Gasteiger partial charge in [0, 0.05) is 0 Å². The van der Waals surface area contributed by atoms with Gasteiger partial charge in [0.2, 0.25) is 0 Å². The molecule has 0 bridgehead atoms. The van der Waals surface area contributed by atoms with E-state index in [4.69, 9.17) is 5.11 Å². The molecule has 0 aliphatic heterocycles. The first-order valence-corrected chi connectivity index (χ1v) is 6.60. The van der Waals surface area contributed by atoms with Crippen molar-refractivity contribution in [3.05, 3.63) is 0 Å². The first kappa shape index (κ1) is 11.9. The lowest BCUT2D eigenvalue weighted by Gasteiger charge is -2.12. The van der Waals surface area contributed by atoms with Gasteiger partial charge in [-0.05, 0) is 50.2 Å². The molecule has 0 amide bonds. The van der Waals surface area contributed by atoms with Crippen LogP contribution in [0.2, 0.25) is 0 Å². The fourth-order valence-corrected chi connectivity index (χ4v) is 2.01. The zero-order valence-electron chi connectivity index (χ0n) is 8.66. The van der Waals surface area contributed by atoms with Crippen LogP contribution in [0.3, 0.4) is 0 Å². The summed E-state index contributed by atoms with van der Waals surface area (Å²) in [7, 11) is 0. The zero-order chi connectivity index (χ0) is 10.4. The van der Waals surface area contributed by atoms with E-state index in [2.05, 4.69) is 11.6 Å². The molecule has 0 aromatic carbocycles. The van der Waals surface area contributed by atoms with Gasteiger partial charge in [0.05, 0.1) is 0 Å². The third kappa shape index (κ3) is 4.33. The standard InChI is InChI=1S/C10H19NO2S/c1-14-7-3-2-6-11-9(10(12)13)8-4-5-8/h8-9,11H,2-7H2,1H3,(H,12,13). The topological polar surface area (TPSA) is 49.3 Å². The molecule has 0 aromatic rings. The van der Waals surface area contributed by atoms with Crippen molar-refractivity contribution in [1.82, 2.24) is 5.32 Å². The SMILES string of the molecule is CSCCCCNC(C(=O)O)C1CC1. The number of aliphatic carboxylic acids is 1. The molecule has 1 fully saturated rings. The third-order valence-electron chi connectivity index (χ3n) is 2.50. The number of hydrogen-bond donors (Lipinski definition) is 2. The number of rotatable bonds is 8. The lowest BCUT2D eigenvalue weighted by Crippen LogP contribution is -2.39. The molecule has 4 heteroatoms. The summed E-state index contributed by atoms with van der Waals surface area (Å²) in [6, 6.07) is -0.288. The smallest absolute Gasteiger partial charge is 0.320 e. The maximum Gasteiger partial charge on any atom is 0.320 e. The summed E-state index contributed by atoms with van der Waals surface area (Å²) in [5.41, 5.74) is 0. The molecule has 1 rings (SSSR count). The van der Waals surface area contributed by atoms with Crippen molar-refractivity contribution in [1.29, 1.82) is 0 Å². The van der Waals surface area contributed by atoms with E-state index in [0.717, 1.165) is 25.8 Å². The van der Waals surface area contributed by atoms with Gasteiger partial charge in [0.1, 0.15) is 6.04 Å². The Kier molecular flexibility index (Phi) is 5.33. The normalized spacial score (nSPS) is 18.1. The van der Waals surface area contributed by atoms with Crippen LogP contribution in [0.25, 0.3) is 0 Å². The molecule has 14 heavy (non-hydrogen) atoms. The van der Waals surface area contributed by atoms with Gasteiger partial charge in [-0.3, -0.25) is 4.79 Å². The van der Waals surface area contributed by atoms with Crippen molar-refractivity contribution in [3.63, 3.8) is 0 Å². The van der Waals surface area contributed by atoms with Crippen molar-refractivity contribution >= 4 is 17.7 Å². The van der Waals surface area contributed by atoms with Crippen LogP contribution in [0.4, 0.5) is 0 Å². The Morgan fingerprint density at radius 1 is 1.57 bits per heavy atom. The van der Waals surface area contributed by atoms with E-state index in [0.29, 0.717) is 5.92 Å². The number of unbranched alkanes of at least 4 members (excludes halogenated alkanes) is 1. The van der Waals surface area contributed by atoms with Crippen LogP contribution >= 0.6 is 11.8 Å². The molecule has 3 nitrogen and oxygen atoms in total. The first-order valence-electron chi connectivity index (χ1n) is 5.21. The van der Waals surface area contributed by atoms with E-state index < -0.39 is 5.97 Å². The maximum atomic E-state index is 10.8. The Hall–Kier alpha value is -0.220. The summed E-state index contributed by atoms with van der Waals surface area (Å²) >= 11 is 1.84. The quantitative estimate of drug-likeness (QED) is 0.606. The Morgan fingerprint density at radius 2 is 2.29 bits per heavy atom. The van der Waals surface area contributed by atoms with E-state index in [1.54, 1.807) is 0 Å². The predicted octanol–water partition coefficient (Wildman–Crippen LogP) is 1.58. The van der Waals surface area contributed by atoms with Crippen molar-refractivity contribution in [2.24, 2.45) is 5.92 Å². The van der Waals surface area contributed by atoms with Gasteiger partial charge < -0.3 is 10.4 Å². The molecule has 0 saturated heterocycles. The second kappa shape index (κ2) is 6.30. The number of carbonyl (C=O) groups is 1. The molecule has 1 unspecified atom stereocenters. The number of carboxylic acid groups (broad SMARTS) is 1. The van der Waals surface area contributed by atoms with Gasteiger partial charge in [-0.25, -0.2) is 0 Å². The second-order valence-corrected chi connectivity index (χ2v) is 4.79. The molecular formula is C10H19NO2S. The molecule has 1 aliphatic rings. The van der Waals surface area contributed by atoms with Crippen molar-refractivity contribution in [2.75, 3.05) is 18.6 Å². The average Bonchev–Trinajstić information content (AvgIpc) is 2.94. The van der Waals surface area contributed by atoms with Crippen LogP contribution < -0.4 is 5.32 Å². The van der Waals surface area contributed by atoms with E-state index in [1.165, 1.54) is 12.2 Å². The fourth-order valence-electron chi connectivity index (χ4n) is 1.51. The summed E-state index contributed by atoms with van der Waals surface area (Å²) in [5, 5.41) is 12.1. The average molecular weight is 217 g/mol. The molecular weight excluding hydrogens is 198 g/mol. The van der Waals surface area contributed by atoms with E-state index >= 15 is 0 Å². The van der Waals surface area contributed by atoms with E-state index in [1.807, 2.05) is 11.8 Å². The zero-order valence-corrected chi connectivity index (χ0v) is 9.48. The third-order valence-corrected chi connectivity index (χ3v) is 3.20. The molecule has 0 aromatic heterocycles. The minimum atomic E-state index is -0.683. The first-order chi connectivity index (χ1) is 6.75. The number of nitrogens with one attached hydrogen (secondary N) is 1. The van der Waals surface area contributed by atoms with E-state index in [-0.39, 0.29) is 6.04 Å². The molecule has 0 spiro atoms. The summed E-state index contributed by atoms with van der Waals surface area (Å²) in [5.74, 6) is 0.883. The molecule has 2 N–H and O–H groups in total.